The lowest BCUT2D eigenvalue weighted by molar-refractivity contribution is -0.131. The highest BCUT2D eigenvalue weighted by Gasteiger charge is 2.15. The first-order valence-electron chi connectivity index (χ1n) is 6.73. The number of ketones is 1. The molecule has 0 aliphatic carbocycles. The SMILES string of the molecule is CCN(CC)C(=O)CN(C)CC(=O)c1cccc(F)c1. The van der Waals surface area contributed by atoms with Gasteiger partial charge in [0.05, 0.1) is 13.1 Å². The van der Waals surface area contributed by atoms with Gasteiger partial charge in [0.15, 0.2) is 5.78 Å². The monoisotopic (exact) mass is 280 g/mol. The van der Waals surface area contributed by atoms with E-state index in [1.807, 2.05) is 13.8 Å². The predicted molar refractivity (Wildman–Crippen MR) is 76.2 cm³/mol. The van der Waals surface area contributed by atoms with Gasteiger partial charge in [0.1, 0.15) is 5.82 Å². The van der Waals surface area contributed by atoms with Crippen molar-refractivity contribution in [2.24, 2.45) is 0 Å². The van der Waals surface area contributed by atoms with E-state index >= 15 is 0 Å². The number of carbonyl (C=O) groups excluding carboxylic acids is 2. The van der Waals surface area contributed by atoms with Crippen molar-refractivity contribution in [3.05, 3.63) is 35.6 Å². The minimum atomic E-state index is -0.433. The molecule has 0 aromatic heterocycles. The van der Waals surface area contributed by atoms with Gasteiger partial charge in [-0.15, -0.1) is 0 Å². The van der Waals surface area contributed by atoms with Crippen LogP contribution in [0.1, 0.15) is 24.2 Å². The molecular formula is C15H21FN2O2. The number of nitrogens with zero attached hydrogens (tertiary/aromatic N) is 2. The fraction of sp³-hybridized carbons (Fsp3) is 0.467. The number of likely N-dealkylation sites (N-methyl/N-ethyl adjacent to an activating group) is 2. The molecule has 0 bridgehead atoms. The topological polar surface area (TPSA) is 40.6 Å². The summed E-state index contributed by atoms with van der Waals surface area (Å²) in [4.78, 5) is 27.2. The van der Waals surface area contributed by atoms with Crippen LogP contribution in [0.15, 0.2) is 24.3 Å². The van der Waals surface area contributed by atoms with E-state index in [1.165, 1.54) is 18.2 Å². The lowest BCUT2D eigenvalue weighted by Gasteiger charge is -2.22. The minimum absolute atomic E-state index is 0.00968. The molecule has 1 amide bonds. The maximum absolute atomic E-state index is 13.0. The molecule has 4 nitrogen and oxygen atoms in total. The molecule has 1 rings (SSSR count). The van der Waals surface area contributed by atoms with Crippen molar-refractivity contribution in [2.75, 3.05) is 33.2 Å². The molecule has 0 fully saturated rings. The van der Waals surface area contributed by atoms with Crippen LogP contribution < -0.4 is 0 Å². The number of halogens is 1. The molecule has 0 aliphatic heterocycles. The molecule has 0 unspecified atom stereocenters. The number of Topliss-reactive ketones (excluding diaryl/α,β-unsaturated/α-hetero) is 1. The van der Waals surface area contributed by atoms with Gasteiger partial charge in [-0.25, -0.2) is 4.39 Å². The quantitative estimate of drug-likeness (QED) is 0.715. The van der Waals surface area contributed by atoms with Crippen LogP contribution in [0.5, 0.6) is 0 Å². The summed E-state index contributed by atoms with van der Waals surface area (Å²) in [7, 11) is 1.71. The summed E-state index contributed by atoms with van der Waals surface area (Å²) < 4.78 is 13.0. The van der Waals surface area contributed by atoms with Crippen LogP contribution in [0.2, 0.25) is 0 Å². The molecule has 1 aromatic carbocycles. The van der Waals surface area contributed by atoms with E-state index in [2.05, 4.69) is 0 Å². The average molecular weight is 280 g/mol. The molecule has 0 radical (unpaired) electrons. The Morgan fingerprint density at radius 3 is 2.35 bits per heavy atom. The van der Waals surface area contributed by atoms with E-state index in [4.69, 9.17) is 0 Å². The Bertz CT molecular complexity index is 473. The molecule has 0 atom stereocenters. The Balaban J connectivity index is 2.56. The van der Waals surface area contributed by atoms with E-state index in [1.54, 1.807) is 22.9 Å². The average Bonchev–Trinajstić information content (AvgIpc) is 2.39. The summed E-state index contributed by atoms with van der Waals surface area (Å²) in [5, 5.41) is 0. The molecule has 0 N–H and O–H groups in total. The second-order valence-corrected chi connectivity index (χ2v) is 4.67. The minimum Gasteiger partial charge on any atom is -0.342 e. The molecule has 110 valence electrons. The van der Waals surface area contributed by atoms with Gasteiger partial charge in [-0.05, 0) is 33.0 Å². The lowest BCUT2D eigenvalue weighted by Crippen LogP contribution is -2.40. The van der Waals surface area contributed by atoms with Crippen molar-refractivity contribution in [2.45, 2.75) is 13.8 Å². The first kappa shape index (κ1) is 16.3. The van der Waals surface area contributed by atoms with E-state index in [0.717, 1.165) is 0 Å². The Kier molecular flexibility index (Phi) is 6.31. The standard InChI is InChI=1S/C15H21FN2O2/c1-4-18(5-2)15(20)11-17(3)10-14(19)12-7-6-8-13(16)9-12/h6-9H,4-5,10-11H2,1-3H3. The van der Waals surface area contributed by atoms with Gasteiger partial charge >= 0.3 is 0 Å². The van der Waals surface area contributed by atoms with Crippen molar-refractivity contribution in [1.29, 1.82) is 0 Å². The van der Waals surface area contributed by atoms with Gasteiger partial charge in [0, 0.05) is 18.7 Å². The van der Waals surface area contributed by atoms with Crippen molar-refractivity contribution in [3.8, 4) is 0 Å². The first-order chi connectivity index (χ1) is 9.47. The molecule has 0 aliphatic rings. The van der Waals surface area contributed by atoms with Crippen LogP contribution in [0, 0.1) is 5.82 Å². The fourth-order valence-corrected chi connectivity index (χ4v) is 1.96. The van der Waals surface area contributed by atoms with Crippen LogP contribution >= 0.6 is 0 Å². The summed E-state index contributed by atoms with van der Waals surface area (Å²) in [6.45, 7) is 5.42. The largest absolute Gasteiger partial charge is 0.342 e. The van der Waals surface area contributed by atoms with E-state index in [9.17, 15) is 14.0 Å². The highest BCUT2D eigenvalue weighted by atomic mass is 19.1. The second-order valence-electron chi connectivity index (χ2n) is 4.67. The highest BCUT2D eigenvalue weighted by Crippen LogP contribution is 2.05. The summed E-state index contributed by atoms with van der Waals surface area (Å²) in [6, 6.07) is 5.59. The Morgan fingerprint density at radius 1 is 1.15 bits per heavy atom. The van der Waals surface area contributed by atoms with Gasteiger partial charge in [-0.1, -0.05) is 12.1 Å². The summed E-state index contributed by atoms with van der Waals surface area (Å²) in [5.74, 6) is -0.637. The van der Waals surface area contributed by atoms with Gasteiger partial charge in [0.2, 0.25) is 5.91 Å². The van der Waals surface area contributed by atoms with Crippen LogP contribution in [-0.2, 0) is 4.79 Å². The molecular weight excluding hydrogens is 259 g/mol. The zero-order valence-electron chi connectivity index (χ0n) is 12.2. The predicted octanol–water partition coefficient (Wildman–Crippen LogP) is 1.81. The Hall–Kier alpha value is -1.75. The second kappa shape index (κ2) is 7.75. The Morgan fingerprint density at radius 2 is 1.80 bits per heavy atom. The van der Waals surface area contributed by atoms with E-state index in [-0.39, 0.29) is 24.8 Å². The third-order valence-corrected chi connectivity index (χ3v) is 3.08. The zero-order chi connectivity index (χ0) is 15.1. The van der Waals surface area contributed by atoms with Crippen LogP contribution in [0.4, 0.5) is 4.39 Å². The van der Waals surface area contributed by atoms with Gasteiger partial charge in [0.25, 0.3) is 0 Å². The molecule has 0 heterocycles. The maximum atomic E-state index is 13.0. The lowest BCUT2D eigenvalue weighted by atomic mass is 10.1. The molecule has 5 heteroatoms. The number of rotatable bonds is 7. The number of hydrogen-bond donors (Lipinski definition) is 0. The van der Waals surface area contributed by atoms with Crippen LogP contribution in [0.3, 0.4) is 0 Å². The number of carbonyl (C=O) groups is 2. The Labute approximate surface area is 119 Å². The van der Waals surface area contributed by atoms with Gasteiger partial charge < -0.3 is 4.90 Å². The van der Waals surface area contributed by atoms with Crippen LogP contribution in [0.25, 0.3) is 0 Å². The highest BCUT2D eigenvalue weighted by molar-refractivity contribution is 5.97. The maximum Gasteiger partial charge on any atom is 0.236 e. The number of benzene rings is 1. The summed E-state index contributed by atoms with van der Waals surface area (Å²) in [6.07, 6.45) is 0. The molecule has 0 saturated heterocycles. The van der Waals surface area contributed by atoms with Crippen molar-refractivity contribution < 1.29 is 14.0 Å². The van der Waals surface area contributed by atoms with E-state index in [0.29, 0.717) is 18.7 Å². The van der Waals surface area contributed by atoms with Gasteiger partial charge in [-0.3, -0.25) is 14.5 Å². The first-order valence-corrected chi connectivity index (χ1v) is 6.73. The third-order valence-electron chi connectivity index (χ3n) is 3.08. The zero-order valence-corrected chi connectivity index (χ0v) is 12.2. The number of hydrogen-bond acceptors (Lipinski definition) is 3. The summed E-state index contributed by atoms with van der Waals surface area (Å²) >= 11 is 0. The normalized spacial score (nSPS) is 10.7. The fourth-order valence-electron chi connectivity index (χ4n) is 1.96. The molecule has 0 saturated carbocycles. The molecule has 0 spiro atoms. The van der Waals surface area contributed by atoms with E-state index < -0.39 is 5.82 Å². The molecule has 1 aromatic rings. The molecule has 20 heavy (non-hydrogen) atoms. The van der Waals surface area contributed by atoms with Crippen molar-refractivity contribution in [3.63, 3.8) is 0 Å². The summed E-state index contributed by atoms with van der Waals surface area (Å²) in [5.41, 5.74) is 0.326. The number of amides is 1. The van der Waals surface area contributed by atoms with Gasteiger partial charge in [-0.2, -0.15) is 0 Å². The van der Waals surface area contributed by atoms with Crippen molar-refractivity contribution >= 4 is 11.7 Å². The van der Waals surface area contributed by atoms with Crippen molar-refractivity contribution in [1.82, 2.24) is 9.80 Å². The third kappa shape index (κ3) is 4.74. The smallest absolute Gasteiger partial charge is 0.236 e. The van der Waals surface area contributed by atoms with Crippen LogP contribution in [-0.4, -0.2) is 54.7 Å².